The fourth-order valence-electron chi connectivity index (χ4n) is 4.30. The van der Waals surface area contributed by atoms with Crippen molar-refractivity contribution in [1.29, 1.82) is 0 Å². The number of fused-ring (bicyclic) bond motifs is 1. The Balaban J connectivity index is 1.46. The molecule has 0 spiro atoms. The lowest BCUT2D eigenvalue weighted by Crippen LogP contribution is -2.16. The highest BCUT2D eigenvalue weighted by molar-refractivity contribution is 7.99. The summed E-state index contributed by atoms with van der Waals surface area (Å²) >= 11 is 7.49. The van der Waals surface area contributed by atoms with Gasteiger partial charge in [0.1, 0.15) is 0 Å². The van der Waals surface area contributed by atoms with Crippen LogP contribution < -0.4 is 5.32 Å². The van der Waals surface area contributed by atoms with Gasteiger partial charge in [0, 0.05) is 39.1 Å². The van der Waals surface area contributed by atoms with Crippen molar-refractivity contribution in [2.45, 2.75) is 25.9 Å². The van der Waals surface area contributed by atoms with Gasteiger partial charge in [0.2, 0.25) is 5.91 Å². The van der Waals surface area contributed by atoms with Crippen LogP contribution in [0.5, 0.6) is 0 Å². The molecular weight excluding hydrogens is 478 g/mol. The van der Waals surface area contributed by atoms with Crippen LogP contribution in [0.3, 0.4) is 0 Å². The molecule has 6 nitrogen and oxygen atoms in total. The summed E-state index contributed by atoms with van der Waals surface area (Å²) in [5.74, 6) is 0.800. The number of H-pyrrole nitrogens is 1. The van der Waals surface area contributed by atoms with Gasteiger partial charge in [-0.05, 0) is 62.2 Å². The molecule has 0 aliphatic carbocycles. The van der Waals surface area contributed by atoms with Crippen LogP contribution in [0.25, 0.3) is 28.0 Å². The second-order valence-electron chi connectivity index (χ2n) is 8.48. The topological polar surface area (TPSA) is 75.6 Å². The summed E-state index contributed by atoms with van der Waals surface area (Å²) in [7, 11) is 0. The highest BCUT2D eigenvalue weighted by Crippen LogP contribution is 2.33. The number of carbonyl (C=O) groups excluding carboxylic acids is 1. The minimum Gasteiger partial charge on any atom is -0.360 e. The van der Waals surface area contributed by atoms with Crippen molar-refractivity contribution in [3.8, 4) is 17.1 Å². The lowest BCUT2D eigenvalue weighted by Gasteiger charge is -2.13. The molecule has 0 fully saturated rings. The van der Waals surface area contributed by atoms with Crippen molar-refractivity contribution >= 4 is 45.9 Å². The fraction of sp³-hybridized carbons (Fsp3) is 0.148. The SMILES string of the molecule is Cc1cc(C)c(NC(=O)CSc2nnc(-c3c[nH]c4ccccc34)n2-c2ccc(Cl)cc2)c(C)c1. The van der Waals surface area contributed by atoms with E-state index < -0.39 is 0 Å². The fourth-order valence-corrected chi connectivity index (χ4v) is 5.18. The number of aromatic nitrogens is 4. The molecule has 0 unspecified atom stereocenters. The molecular formula is C27H24ClN5OS. The van der Waals surface area contributed by atoms with E-state index in [9.17, 15) is 4.79 Å². The van der Waals surface area contributed by atoms with Crippen LogP contribution in [0.1, 0.15) is 16.7 Å². The van der Waals surface area contributed by atoms with E-state index in [1.807, 2.05) is 67.1 Å². The normalized spacial score (nSPS) is 11.2. The molecule has 5 rings (SSSR count). The lowest BCUT2D eigenvalue weighted by molar-refractivity contribution is -0.113. The Bertz CT molecular complexity index is 1510. The highest BCUT2D eigenvalue weighted by atomic mass is 35.5. The van der Waals surface area contributed by atoms with Crippen molar-refractivity contribution in [3.63, 3.8) is 0 Å². The third kappa shape index (κ3) is 4.70. The van der Waals surface area contributed by atoms with Gasteiger partial charge >= 0.3 is 0 Å². The maximum atomic E-state index is 12.9. The molecule has 0 radical (unpaired) electrons. The van der Waals surface area contributed by atoms with Gasteiger partial charge in [-0.15, -0.1) is 10.2 Å². The van der Waals surface area contributed by atoms with Crippen LogP contribution >= 0.6 is 23.4 Å². The van der Waals surface area contributed by atoms with E-state index in [1.54, 1.807) is 0 Å². The van der Waals surface area contributed by atoms with Gasteiger partial charge in [0.05, 0.1) is 5.75 Å². The van der Waals surface area contributed by atoms with Crippen molar-refractivity contribution in [3.05, 3.63) is 88.6 Å². The quantitative estimate of drug-likeness (QED) is 0.253. The molecule has 0 bridgehead atoms. The first-order valence-electron chi connectivity index (χ1n) is 11.2. The van der Waals surface area contributed by atoms with E-state index in [-0.39, 0.29) is 11.7 Å². The summed E-state index contributed by atoms with van der Waals surface area (Å²) in [6.45, 7) is 6.07. The maximum absolute atomic E-state index is 12.9. The summed E-state index contributed by atoms with van der Waals surface area (Å²) in [4.78, 5) is 16.2. The number of para-hydroxylation sites is 1. The van der Waals surface area contributed by atoms with Gasteiger partial charge in [-0.25, -0.2) is 0 Å². The van der Waals surface area contributed by atoms with E-state index in [0.29, 0.717) is 16.0 Å². The Hall–Kier alpha value is -3.55. The van der Waals surface area contributed by atoms with Gasteiger partial charge in [-0.2, -0.15) is 0 Å². The molecule has 0 aliphatic rings. The van der Waals surface area contributed by atoms with E-state index in [0.717, 1.165) is 39.0 Å². The Kier molecular flexibility index (Phi) is 6.36. The number of nitrogens with zero attached hydrogens (tertiary/aromatic N) is 3. The predicted octanol–water partition coefficient (Wildman–Crippen LogP) is 6.73. The molecule has 2 N–H and O–H groups in total. The first-order chi connectivity index (χ1) is 16.9. The number of hydrogen-bond donors (Lipinski definition) is 2. The number of aromatic amines is 1. The smallest absolute Gasteiger partial charge is 0.234 e. The third-order valence-corrected chi connectivity index (χ3v) is 7.00. The zero-order valence-electron chi connectivity index (χ0n) is 19.6. The first kappa shape index (κ1) is 23.2. The maximum Gasteiger partial charge on any atom is 0.234 e. The summed E-state index contributed by atoms with van der Waals surface area (Å²) < 4.78 is 1.96. The van der Waals surface area contributed by atoms with Crippen LogP contribution in [-0.4, -0.2) is 31.4 Å². The Morgan fingerprint density at radius 1 is 1.03 bits per heavy atom. The molecule has 3 aromatic carbocycles. The van der Waals surface area contributed by atoms with Crippen molar-refractivity contribution in [2.75, 3.05) is 11.1 Å². The number of halogens is 1. The second kappa shape index (κ2) is 9.60. The van der Waals surface area contributed by atoms with E-state index in [4.69, 9.17) is 11.6 Å². The van der Waals surface area contributed by atoms with Crippen molar-refractivity contribution < 1.29 is 4.79 Å². The van der Waals surface area contributed by atoms with E-state index in [1.165, 1.54) is 17.3 Å². The highest BCUT2D eigenvalue weighted by Gasteiger charge is 2.20. The van der Waals surface area contributed by atoms with Crippen LogP contribution in [0.4, 0.5) is 5.69 Å². The molecule has 1 amide bonds. The monoisotopic (exact) mass is 501 g/mol. The number of anilines is 1. The van der Waals surface area contributed by atoms with Gasteiger partial charge in [-0.3, -0.25) is 9.36 Å². The van der Waals surface area contributed by atoms with Crippen LogP contribution in [0.2, 0.25) is 5.02 Å². The molecule has 0 saturated heterocycles. The second-order valence-corrected chi connectivity index (χ2v) is 9.86. The molecule has 8 heteroatoms. The number of amides is 1. The Morgan fingerprint density at radius 2 is 1.74 bits per heavy atom. The van der Waals surface area contributed by atoms with Crippen LogP contribution in [0, 0.1) is 20.8 Å². The number of thioether (sulfide) groups is 1. The molecule has 2 aromatic heterocycles. The van der Waals surface area contributed by atoms with Gasteiger partial charge < -0.3 is 10.3 Å². The number of aryl methyl sites for hydroxylation is 3. The zero-order valence-corrected chi connectivity index (χ0v) is 21.2. The Morgan fingerprint density at radius 3 is 2.49 bits per heavy atom. The summed E-state index contributed by atoms with van der Waals surface area (Å²) in [5, 5.41) is 14.4. The van der Waals surface area contributed by atoms with Crippen molar-refractivity contribution in [2.24, 2.45) is 0 Å². The number of benzene rings is 3. The minimum atomic E-state index is -0.0932. The zero-order chi connectivity index (χ0) is 24.5. The van der Waals surface area contributed by atoms with Crippen LogP contribution in [-0.2, 0) is 4.79 Å². The van der Waals surface area contributed by atoms with E-state index >= 15 is 0 Å². The number of hydrogen-bond acceptors (Lipinski definition) is 4. The average molecular weight is 502 g/mol. The molecule has 0 aliphatic heterocycles. The predicted molar refractivity (Wildman–Crippen MR) is 144 cm³/mol. The molecule has 176 valence electrons. The first-order valence-corrected chi connectivity index (χ1v) is 12.6. The molecule has 0 atom stereocenters. The largest absolute Gasteiger partial charge is 0.360 e. The Labute approximate surface area is 212 Å². The molecule has 5 aromatic rings. The lowest BCUT2D eigenvalue weighted by atomic mass is 10.1. The summed E-state index contributed by atoms with van der Waals surface area (Å²) in [5.41, 5.74) is 6.95. The van der Waals surface area contributed by atoms with Gasteiger partial charge in [0.25, 0.3) is 0 Å². The molecule has 35 heavy (non-hydrogen) atoms. The number of rotatable bonds is 6. The number of carbonyl (C=O) groups is 1. The standard InChI is InChI=1S/C27H24ClN5OS/c1-16-12-17(2)25(18(3)13-16)30-24(34)15-35-27-32-31-26(33(27)20-10-8-19(28)9-11-20)22-14-29-23-7-5-4-6-21(22)23/h4-14,29H,15H2,1-3H3,(H,30,34). The molecule has 0 saturated carbocycles. The number of nitrogens with one attached hydrogen (secondary N) is 2. The van der Waals surface area contributed by atoms with Gasteiger partial charge in [0.15, 0.2) is 11.0 Å². The average Bonchev–Trinajstić information content (AvgIpc) is 3.44. The minimum absolute atomic E-state index is 0.0932. The summed E-state index contributed by atoms with van der Waals surface area (Å²) in [6.07, 6.45) is 1.94. The molecule has 2 heterocycles. The third-order valence-electron chi connectivity index (χ3n) is 5.82. The van der Waals surface area contributed by atoms with Gasteiger partial charge in [-0.1, -0.05) is 59.3 Å². The summed E-state index contributed by atoms with van der Waals surface area (Å²) in [6, 6.07) is 19.7. The van der Waals surface area contributed by atoms with Crippen molar-refractivity contribution in [1.82, 2.24) is 19.7 Å². The van der Waals surface area contributed by atoms with E-state index in [2.05, 4.69) is 45.6 Å². The van der Waals surface area contributed by atoms with Crippen LogP contribution in [0.15, 0.2) is 72.0 Å².